The molecule has 0 spiro atoms. The van der Waals surface area contributed by atoms with Crippen molar-refractivity contribution in [1.29, 1.82) is 0 Å². The molecule has 1 aromatic heterocycles. The summed E-state index contributed by atoms with van der Waals surface area (Å²) < 4.78 is 33.1. The molecular formula is C19H23F2N3O2S. The lowest BCUT2D eigenvalue weighted by atomic mass is 9.95. The fourth-order valence-corrected chi connectivity index (χ4v) is 4.80. The maximum absolute atomic E-state index is 13.4. The molecule has 0 saturated carbocycles. The quantitative estimate of drug-likeness (QED) is 0.794. The first kappa shape index (κ1) is 18.4. The lowest BCUT2D eigenvalue weighted by molar-refractivity contribution is -0.141. The predicted octanol–water partition coefficient (Wildman–Crippen LogP) is 3.78. The standard InChI is InChI=1S/C19H23F2N3O2S/c1-26-14-4-5-16-15(11-14)22-18(27-16)24-8-2-3-13(12-24)17(25)23-9-6-19(20,21)7-10-23/h4-5,11,13H,2-3,6-10,12H2,1H3. The highest BCUT2D eigenvalue weighted by Crippen LogP contribution is 2.34. The number of carbonyl (C=O) groups is 1. The SMILES string of the molecule is COc1ccc2sc(N3CCCC(C(=O)N4CCC(F)(F)CC4)C3)nc2c1. The Morgan fingerprint density at radius 3 is 2.81 bits per heavy atom. The second kappa shape index (κ2) is 7.22. The highest BCUT2D eigenvalue weighted by Gasteiger charge is 2.38. The second-order valence-electron chi connectivity index (χ2n) is 7.30. The van der Waals surface area contributed by atoms with Crippen LogP contribution in [-0.4, -0.2) is 55.0 Å². The van der Waals surface area contributed by atoms with Gasteiger partial charge in [0.25, 0.3) is 5.92 Å². The van der Waals surface area contributed by atoms with Crippen molar-refractivity contribution in [1.82, 2.24) is 9.88 Å². The van der Waals surface area contributed by atoms with Crippen molar-refractivity contribution in [3.63, 3.8) is 0 Å². The van der Waals surface area contributed by atoms with Crippen molar-refractivity contribution >= 4 is 32.6 Å². The maximum Gasteiger partial charge on any atom is 0.251 e. The van der Waals surface area contributed by atoms with Crippen LogP contribution in [0.2, 0.25) is 0 Å². The summed E-state index contributed by atoms with van der Waals surface area (Å²) in [5.74, 6) is -1.99. The van der Waals surface area contributed by atoms with Gasteiger partial charge < -0.3 is 14.5 Å². The minimum atomic E-state index is -2.63. The number of likely N-dealkylation sites (tertiary alicyclic amines) is 1. The average Bonchev–Trinajstić information content (AvgIpc) is 3.11. The van der Waals surface area contributed by atoms with E-state index in [1.807, 2.05) is 18.2 Å². The molecule has 1 amide bonds. The zero-order valence-corrected chi connectivity index (χ0v) is 16.1. The predicted molar refractivity (Wildman–Crippen MR) is 102 cm³/mol. The zero-order valence-electron chi connectivity index (χ0n) is 15.3. The number of halogens is 2. The number of anilines is 1. The van der Waals surface area contributed by atoms with E-state index in [0.29, 0.717) is 6.54 Å². The van der Waals surface area contributed by atoms with Gasteiger partial charge in [-0.15, -0.1) is 0 Å². The molecular weight excluding hydrogens is 372 g/mol. The number of methoxy groups -OCH3 is 1. The van der Waals surface area contributed by atoms with E-state index >= 15 is 0 Å². The Kier molecular flexibility index (Phi) is 4.92. The molecule has 0 N–H and O–H groups in total. The van der Waals surface area contributed by atoms with Crippen molar-refractivity contribution in [2.45, 2.75) is 31.6 Å². The third-order valence-corrected chi connectivity index (χ3v) is 6.53. The Bertz CT molecular complexity index is 831. The summed E-state index contributed by atoms with van der Waals surface area (Å²) in [7, 11) is 1.63. The van der Waals surface area contributed by atoms with E-state index in [9.17, 15) is 13.6 Å². The van der Waals surface area contributed by atoms with Gasteiger partial charge in [-0.3, -0.25) is 4.79 Å². The third kappa shape index (κ3) is 3.85. The number of aromatic nitrogens is 1. The molecule has 0 aliphatic carbocycles. The van der Waals surface area contributed by atoms with E-state index in [1.54, 1.807) is 23.3 Å². The maximum atomic E-state index is 13.4. The molecule has 0 radical (unpaired) electrons. The molecule has 3 heterocycles. The number of rotatable bonds is 3. The normalized spacial score (nSPS) is 22.9. The Balaban J connectivity index is 1.45. The Morgan fingerprint density at radius 2 is 2.07 bits per heavy atom. The molecule has 5 nitrogen and oxygen atoms in total. The van der Waals surface area contributed by atoms with E-state index in [4.69, 9.17) is 9.72 Å². The van der Waals surface area contributed by atoms with E-state index < -0.39 is 5.92 Å². The number of fused-ring (bicyclic) bond motifs is 1. The van der Waals surface area contributed by atoms with E-state index in [-0.39, 0.29) is 37.8 Å². The fraction of sp³-hybridized carbons (Fsp3) is 0.579. The van der Waals surface area contributed by atoms with Gasteiger partial charge in [0.15, 0.2) is 5.13 Å². The van der Waals surface area contributed by atoms with E-state index in [1.165, 1.54) is 0 Å². The molecule has 1 atom stereocenters. The first-order chi connectivity index (χ1) is 12.9. The number of nitrogens with zero attached hydrogens (tertiary/aromatic N) is 3. The molecule has 8 heteroatoms. The first-order valence-electron chi connectivity index (χ1n) is 9.31. The number of hydrogen-bond acceptors (Lipinski definition) is 5. The molecule has 2 saturated heterocycles. The number of piperidine rings is 2. The van der Waals surface area contributed by atoms with Crippen LogP contribution >= 0.6 is 11.3 Å². The number of thiazole rings is 1. The van der Waals surface area contributed by atoms with Crippen LogP contribution < -0.4 is 9.64 Å². The second-order valence-corrected chi connectivity index (χ2v) is 8.31. The summed E-state index contributed by atoms with van der Waals surface area (Å²) in [5, 5.41) is 0.904. The minimum Gasteiger partial charge on any atom is -0.497 e. The van der Waals surface area contributed by atoms with Gasteiger partial charge in [-0.25, -0.2) is 13.8 Å². The van der Waals surface area contributed by atoms with Crippen molar-refractivity contribution < 1.29 is 18.3 Å². The van der Waals surface area contributed by atoms with Crippen LogP contribution in [0.4, 0.5) is 13.9 Å². The number of alkyl halides is 2. The molecule has 2 aliphatic rings. The summed E-state index contributed by atoms with van der Waals surface area (Å²) in [6, 6.07) is 5.82. The fourth-order valence-electron chi connectivity index (χ4n) is 3.82. The van der Waals surface area contributed by atoms with Gasteiger partial charge in [0.1, 0.15) is 5.75 Å². The number of carbonyl (C=O) groups excluding carboxylic acids is 1. The number of ether oxygens (including phenoxy) is 1. The summed E-state index contributed by atoms with van der Waals surface area (Å²) in [6.45, 7) is 1.77. The van der Waals surface area contributed by atoms with Gasteiger partial charge in [0.2, 0.25) is 5.91 Å². The molecule has 0 bridgehead atoms. The summed E-state index contributed by atoms with van der Waals surface area (Å²) >= 11 is 1.61. The third-order valence-electron chi connectivity index (χ3n) is 5.43. The van der Waals surface area contributed by atoms with Crippen molar-refractivity contribution in [3.05, 3.63) is 18.2 Å². The molecule has 2 aromatic rings. The van der Waals surface area contributed by atoms with Crippen molar-refractivity contribution in [3.8, 4) is 5.75 Å². The topological polar surface area (TPSA) is 45.7 Å². The van der Waals surface area contributed by atoms with Gasteiger partial charge in [0.05, 0.1) is 23.2 Å². The largest absolute Gasteiger partial charge is 0.497 e. The Morgan fingerprint density at radius 1 is 1.30 bits per heavy atom. The number of benzene rings is 1. The molecule has 146 valence electrons. The van der Waals surface area contributed by atoms with Crippen LogP contribution in [0.25, 0.3) is 10.2 Å². The molecule has 4 rings (SSSR count). The van der Waals surface area contributed by atoms with Gasteiger partial charge in [-0.1, -0.05) is 11.3 Å². The summed E-state index contributed by atoms with van der Waals surface area (Å²) in [5.41, 5.74) is 0.890. The zero-order chi connectivity index (χ0) is 19.0. The minimum absolute atomic E-state index is 0.0120. The Hall–Kier alpha value is -1.96. The van der Waals surface area contributed by atoms with Crippen LogP contribution in [0.3, 0.4) is 0 Å². The van der Waals surface area contributed by atoms with Gasteiger partial charge in [-0.2, -0.15) is 0 Å². The lowest BCUT2D eigenvalue weighted by Gasteiger charge is -2.37. The highest BCUT2D eigenvalue weighted by atomic mass is 32.1. The number of hydrogen-bond donors (Lipinski definition) is 0. The van der Waals surface area contributed by atoms with Crippen LogP contribution in [0.1, 0.15) is 25.7 Å². The van der Waals surface area contributed by atoms with Crippen molar-refractivity contribution in [2.24, 2.45) is 5.92 Å². The summed E-state index contributed by atoms with van der Waals surface area (Å²) in [4.78, 5) is 21.3. The summed E-state index contributed by atoms with van der Waals surface area (Å²) in [6.07, 6.45) is 1.25. The Labute approximate surface area is 160 Å². The van der Waals surface area contributed by atoms with Gasteiger partial charge >= 0.3 is 0 Å². The van der Waals surface area contributed by atoms with Crippen LogP contribution in [-0.2, 0) is 4.79 Å². The molecule has 27 heavy (non-hydrogen) atoms. The van der Waals surface area contributed by atoms with E-state index in [2.05, 4.69) is 4.90 Å². The van der Waals surface area contributed by atoms with Crippen molar-refractivity contribution in [2.75, 3.05) is 38.2 Å². The monoisotopic (exact) mass is 395 g/mol. The van der Waals surface area contributed by atoms with Crippen LogP contribution in [0.5, 0.6) is 5.75 Å². The van der Waals surface area contributed by atoms with Crippen LogP contribution in [0.15, 0.2) is 18.2 Å². The molecule has 2 aliphatic heterocycles. The smallest absolute Gasteiger partial charge is 0.251 e. The molecule has 1 aromatic carbocycles. The number of amides is 1. The van der Waals surface area contributed by atoms with E-state index in [0.717, 1.165) is 40.5 Å². The lowest BCUT2D eigenvalue weighted by Crippen LogP contribution is -2.49. The van der Waals surface area contributed by atoms with Gasteiger partial charge in [-0.05, 0) is 25.0 Å². The highest BCUT2D eigenvalue weighted by molar-refractivity contribution is 7.22. The van der Waals surface area contributed by atoms with Gasteiger partial charge in [0, 0.05) is 45.1 Å². The first-order valence-corrected chi connectivity index (χ1v) is 10.1. The molecule has 2 fully saturated rings. The average molecular weight is 395 g/mol. The molecule has 1 unspecified atom stereocenters. The van der Waals surface area contributed by atoms with Crippen LogP contribution in [0, 0.1) is 5.92 Å².